The molecule has 1 unspecified atom stereocenters. The lowest BCUT2D eigenvalue weighted by Crippen LogP contribution is -2.36. The average Bonchev–Trinajstić information content (AvgIpc) is 3.25. The molecule has 0 aliphatic carbocycles. The highest BCUT2D eigenvalue weighted by Crippen LogP contribution is 2.31. The summed E-state index contributed by atoms with van der Waals surface area (Å²) in [6.07, 6.45) is 1.89. The summed E-state index contributed by atoms with van der Waals surface area (Å²) in [4.78, 5) is 3.99. The largest absolute Gasteiger partial charge is 0.326 e. The normalized spacial score (nSPS) is 13.8. The summed E-state index contributed by atoms with van der Waals surface area (Å²) in [5.74, 6) is 0. The fraction of sp³-hybridized carbons (Fsp3) is 0.333. The van der Waals surface area contributed by atoms with Crippen LogP contribution in [0.25, 0.3) is 20.9 Å². The second-order valence-electron chi connectivity index (χ2n) is 8.35. The molecule has 6 heteroatoms. The van der Waals surface area contributed by atoms with Gasteiger partial charge >= 0.3 is 10.4 Å². The van der Waals surface area contributed by atoms with E-state index in [1.54, 1.807) is 21.7 Å². The van der Waals surface area contributed by atoms with Crippen molar-refractivity contribution in [1.29, 1.82) is 0 Å². The number of nitrogens with zero attached hydrogens (tertiary/aromatic N) is 2. The number of benzene rings is 3. The first-order valence-corrected chi connectivity index (χ1v) is 14.0. The van der Waals surface area contributed by atoms with E-state index in [1.165, 1.54) is 10.1 Å². The highest BCUT2D eigenvalue weighted by Gasteiger charge is 2.38. The Morgan fingerprint density at radius 1 is 0.818 bits per heavy atom. The molecule has 0 saturated heterocycles. The van der Waals surface area contributed by atoms with Gasteiger partial charge in [0.2, 0.25) is 4.90 Å². The molecule has 0 bridgehead atoms. The van der Waals surface area contributed by atoms with Gasteiger partial charge in [-0.05, 0) is 77.1 Å². The van der Waals surface area contributed by atoms with E-state index in [-0.39, 0.29) is 0 Å². The molecule has 1 atom stereocenters. The van der Waals surface area contributed by atoms with Crippen LogP contribution in [0, 0.1) is 0 Å². The van der Waals surface area contributed by atoms with Crippen molar-refractivity contribution >= 4 is 42.6 Å². The lowest BCUT2D eigenvalue weighted by molar-refractivity contribution is 0.286. The average molecular weight is 482 g/mol. The van der Waals surface area contributed by atoms with Gasteiger partial charge in [0.05, 0.1) is 6.54 Å². The van der Waals surface area contributed by atoms with Crippen LogP contribution in [0.1, 0.15) is 31.6 Å². The first kappa shape index (κ1) is 24.0. The van der Waals surface area contributed by atoms with Gasteiger partial charge in [-0.1, -0.05) is 60.6 Å². The lowest BCUT2D eigenvalue weighted by Gasteiger charge is -2.21. The van der Waals surface area contributed by atoms with Crippen molar-refractivity contribution in [1.82, 2.24) is 9.21 Å². The van der Waals surface area contributed by atoms with E-state index >= 15 is 0 Å². The molecule has 4 rings (SSSR count). The van der Waals surface area contributed by atoms with E-state index in [9.17, 15) is 8.76 Å². The van der Waals surface area contributed by atoms with Gasteiger partial charge in [-0.25, -0.2) is 0 Å². The minimum atomic E-state index is -3.36. The number of thiophene rings is 1. The topological polar surface area (TPSA) is 43.8 Å². The molecule has 0 radical (unpaired) electrons. The van der Waals surface area contributed by atoms with Crippen LogP contribution in [0.5, 0.6) is 0 Å². The fourth-order valence-electron chi connectivity index (χ4n) is 4.22. The van der Waals surface area contributed by atoms with Gasteiger partial charge in [0.15, 0.2) is 0 Å². The molecule has 1 heterocycles. The third-order valence-corrected chi connectivity index (χ3v) is 9.19. The molecule has 0 aliphatic heterocycles. The third-order valence-electron chi connectivity index (χ3n) is 6.21. The van der Waals surface area contributed by atoms with Crippen LogP contribution in [0.3, 0.4) is 0 Å². The Morgan fingerprint density at radius 2 is 1.48 bits per heavy atom. The maximum atomic E-state index is 13.9. The van der Waals surface area contributed by atoms with Gasteiger partial charge < -0.3 is 4.90 Å². The van der Waals surface area contributed by atoms with Crippen molar-refractivity contribution in [2.45, 2.75) is 38.1 Å². The van der Waals surface area contributed by atoms with E-state index in [1.807, 2.05) is 48.5 Å². The summed E-state index contributed by atoms with van der Waals surface area (Å²) in [7, 11) is -3.36. The maximum absolute atomic E-state index is 13.9. The molecule has 0 amide bonds. The van der Waals surface area contributed by atoms with Crippen molar-refractivity contribution in [3.63, 3.8) is 0 Å². The molecule has 4 nitrogen and oxygen atoms in total. The van der Waals surface area contributed by atoms with Crippen LogP contribution in [0.4, 0.5) is 0 Å². The van der Waals surface area contributed by atoms with Gasteiger partial charge in [0.25, 0.3) is 0 Å². The minimum absolute atomic E-state index is 0.465. The smallest absolute Gasteiger partial charge is 0.304 e. The van der Waals surface area contributed by atoms with E-state index < -0.39 is 10.4 Å². The van der Waals surface area contributed by atoms with Crippen molar-refractivity contribution in [3.8, 4) is 0 Å². The summed E-state index contributed by atoms with van der Waals surface area (Å²) in [6.45, 7) is 8.50. The zero-order chi connectivity index (χ0) is 23.3. The molecule has 0 saturated carbocycles. The van der Waals surface area contributed by atoms with Crippen LogP contribution < -0.4 is 0 Å². The Bertz CT molecular complexity index is 1220. The number of rotatable bonds is 11. The Labute approximate surface area is 202 Å². The Kier molecular flexibility index (Phi) is 7.94. The summed E-state index contributed by atoms with van der Waals surface area (Å²) in [5, 5.41) is 3.25. The van der Waals surface area contributed by atoms with Gasteiger partial charge in [-0.15, -0.1) is 11.3 Å². The van der Waals surface area contributed by atoms with Crippen molar-refractivity contribution in [3.05, 3.63) is 77.7 Å². The third kappa shape index (κ3) is 5.70. The Morgan fingerprint density at radius 3 is 2.21 bits per heavy atom. The predicted molar refractivity (Wildman–Crippen MR) is 142 cm³/mol. The highest BCUT2D eigenvalue weighted by atomic mass is 32.3. The minimum Gasteiger partial charge on any atom is -0.304 e. The van der Waals surface area contributed by atoms with Gasteiger partial charge in [0.1, 0.15) is 0 Å². The number of hydrogen-bond donors (Lipinski definition) is 1. The first-order chi connectivity index (χ1) is 16.0. The lowest BCUT2D eigenvalue weighted by atomic mass is 10.1. The summed E-state index contributed by atoms with van der Waals surface area (Å²) in [5.41, 5.74) is 0. The second-order valence-corrected chi connectivity index (χ2v) is 11.5. The molecule has 33 heavy (non-hydrogen) atoms. The Hall–Kier alpha value is -2.09. The van der Waals surface area contributed by atoms with E-state index in [0.717, 1.165) is 48.1 Å². The fourth-order valence-corrected chi connectivity index (χ4v) is 6.90. The van der Waals surface area contributed by atoms with Crippen LogP contribution in [-0.2, 0) is 21.2 Å². The first-order valence-electron chi connectivity index (χ1n) is 11.7. The van der Waals surface area contributed by atoms with Crippen LogP contribution in [0.2, 0.25) is 0 Å². The number of unbranched alkanes of at least 4 members (excludes halogenated alkanes) is 1. The van der Waals surface area contributed by atoms with E-state index in [0.29, 0.717) is 18.0 Å². The maximum Gasteiger partial charge on any atom is 0.326 e. The van der Waals surface area contributed by atoms with Crippen LogP contribution in [0.15, 0.2) is 77.7 Å². The molecular formula is C27H33N2O2S2+. The standard InChI is InChI=1S/C27H32N2O2S2/c1-3-28(4-2)17-9-10-18-29(21-25-19-24-13-7-8-14-27(24)32-25)33(30,31)26-16-15-22-11-5-6-12-23(22)20-26/h5-8,11-16,19-20H,3-4,9-10,17-18,21H2,1-2H3/p+1. The van der Waals surface area contributed by atoms with Gasteiger partial charge in [-0.2, -0.15) is 4.55 Å². The van der Waals surface area contributed by atoms with Gasteiger partial charge in [0, 0.05) is 22.2 Å². The monoisotopic (exact) mass is 481 g/mol. The van der Waals surface area contributed by atoms with E-state index in [2.05, 4.69) is 36.9 Å². The molecular weight excluding hydrogens is 448 g/mol. The van der Waals surface area contributed by atoms with Crippen molar-refractivity contribution < 1.29 is 8.76 Å². The number of hydrogen-bond acceptors (Lipinski definition) is 3. The summed E-state index contributed by atoms with van der Waals surface area (Å²) < 4.78 is 28.3. The molecule has 1 N–H and O–H groups in total. The quantitative estimate of drug-likeness (QED) is 0.187. The zero-order valence-electron chi connectivity index (χ0n) is 19.4. The predicted octanol–water partition coefficient (Wildman–Crippen LogP) is 6.93. The molecule has 174 valence electrons. The molecule has 0 spiro atoms. The molecule has 4 aromatic rings. The molecule has 3 aromatic carbocycles. The zero-order valence-corrected chi connectivity index (χ0v) is 21.1. The summed E-state index contributed by atoms with van der Waals surface area (Å²) in [6, 6.07) is 24.0. The van der Waals surface area contributed by atoms with Gasteiger partial charge in [-0.3, -0.25) is 0 Å². The van der Waals surface area contributed by atoms with Crippen LogP contribution >= 0.6 is 11.3 Å². The van der Waals surface area contributed by atoms with Crippen molar-refractivity contribution in [2.75, 3.05) is 26.2 Å². The second kappa shape index (κ2) is 10.9. The summed E-state index contributed by atoms with van der Waals surface area (Å²) >= 11 is 1.70. The molecule has 0 aliphatic rings. The molecule has 1 aromatic heterocycles. The van der Waals surface area contributed by atoms with Crippen molar-refractivity contribution in [2.24, 2.45) is 0 Å². The molecule has 0 fully saturated rings. The number of fused-ring (bicyclic) bond motifs is 2. The van der Waals surface area contributed by atoms with Crippen LogP contribution in [-0.4, -0.2) is 39.9 Å². The SMILES string of the molecule is CCN(CC)CCCCN(Cc1cc2ccccc2s1)[S+](=O)(O)c1ccc2ccccc2c1. The highest BCUT2D eigenvalue weighted by molar-refractivity contribution is 7.95. The van der Waals surface area contributed by atoms with E-state index in [4.69, 9.17) is 0 Å². The Balaban J connectivity index is 1.58.